The number of rotatable bonds is 6. The highest BCUT2D eigenvalue weighted by Gasteiger charge is 2.28. The first-order valence-electron chi connectivity index (χ1n) is 5.85. The third-order valence-electron chi connectivity index (χ3n) is 3.25. The molecule has 1 fully saturated rings. The summed E-state index contributed by atoms with van der Waals surface area (Å²) < 4.78 is 0. The molecule has 15 heavy (non-hydrogen) atoms. The van der Waals surface area contributed by atoms with Gasteiger partial charge in [-0.1, -0.05) is 20.3 Å². The molecule has 0 spiro atoms. The van der Waals surface area contributed by atoms with Crippen LogP contribution in [0.3, 0.4) is 0 Å². The van der Waals surface area contributed by atoms with Crippen molar-refractivity contribution in [3.63, 3.8) is 0 Å². The van der Waals surface area contributed by atoms with E-state index >= 15 is 0 Å². The Morgan fingerprint density at radius 2 is 2.33 bits per heavy atom. The largest absolute Gasteiger partial charge is 0.303 e. The number of hydrogen-bond donors (Lipinski definition) is 0. The highest BCUT2D eigenvalue weighted by atomic mass is 32.2. The zero-order chi connectivity index (χ0) is 11.3. The Morgan fingerprint density at radius 1 is 1.60 bits per heavy atom. The molecule has 1 heterocycles. The van der Waals surface area contributed by atoms with Gasteiger partial charge in [-0.2, -0.15) is 11.8 Å². The normalized spacial score (nSPS) is 25.5. The van der Waals surface area contributed by atoms with Gasteiger partial charge in [0.1, 0.15) is 6.29 Å². The Kier molecular flexibility index (Phi) is 5.13. The van der Waals surface area contributed by atoms with E-state index in [4.69, 9.17) is 0 Å². The van der Waals surface area contributed by atoms with Crippen LogP contribution in [0.2, 0.25) is 0 Å². The Morgan fingerprint density at radius 3 is 2.80 bits per heavy atom. The van der Waals surface area contributed by atoms with Gasteiger partial charge in [-0.05, 0) is 25.6 Å². The van der Waals surface area contributed by atoms with Crippen molar-refractivity contribution in [3.8, 4) is 0 Å². The average Bonchev–Trinajstić information content (AvgIpc) is 2.71. The van der Waals surface area contributed by atoms with Gasteiger partial charge in [-0.3, -0.25) is 0 Å². The lowest BCUT2D eigenvalue weighted by atomic mass is 9.86. The van der Waals surface area contributed by atoms with Gasteiger partial charge < -0.3 is 9.69 Å². The summed E-state index contributed by atoms with van der Waals surface area (Å²) in [6, 6.07) is 0.686. The summed E-state index contributed by atoms with van der Waals surface area (Å²) in [6.45, 7) is 5.14. The molecule has 0 aromatic rings. The zero-order valence-corrected chi connectivity index (χ0v) is 11.0. The molecule has 3 heteroatoms. The minimum Gasteiger partial charge on any atom is -0.303 e. The van der Waals surface area contributed by atoms with Crippen molar-refractivity contribution in [3.05, 3.63) is 0 Å². The maximum Gasteiger partial charge on any atom is 0.127 e. The molecule has 2 nitrogen and oxygen atoms in total. The molecule has 0 amide bonds. The Bertz CT molecular complexity index is 204. The van der Waals surface area contributed by atoms with Crippen LogP contribution < -0.4 is 0 Å². The molecule has 2 atom stereocenters. The molecule has 1 aliphatic heterocycles. The molecule has 88 valence electrons. The summed E-state index contributed by atoms with van der Waals surface area (Å²) in [5, 5.41) is 0. The van der Waals surface area contributed by atoms with E-state index in [9.17, 15) is 4.79 Å². The van der Waals surface area contributed by atoms with Gasteiger partial charge in [0, 0.05) is 23.8 Å². The summed E-state index contributed by atoms with van der Waals surface area (Å²) in [4.78, 5) is 13.5. The van der Waals surface area contributed by atoms with Crippen LogP contribution in [0, 0.1) is 5.41 Å². The van der Waals surface area contributed by atoms with E-state index in [2.05, 4.69) is 25.8 Å². The summed E-state index contributed by atoms with van der Waals surface area (Å²) in [5.41, 5.74) is -0.142. The molecule has 0 aliphatic carbocycles. The average molecular weight is 229 g/mol. The Balaban J connectivity index is 2.46. The van der Waals surface area contributed by atoms with E-state index in [0.29, 0.717) is 6.04 Å². The molecular formula is C12H23NOS. The fourth-order valence-electron chi connectivity index (χ4n) is 2.31. The summed E-state index contributed by atoms with van der Waals surface area (Å²) in [7, 11) is 2.16. The second-order valence-corrected chi connectivity index (χ2v) is 6.10. The topological polar surface area (TPSA) is 20.3 Å². The summed E-state index contributed by atoms with van der Waals surface area (Å²) >= 11 is 2.03. The maximum absolute atomic E-state index is 11.1. The second kappa shape index (κ2) is 5.90. The van der Waals surface area contributed by atoms with E-state index in [1.54, 1.807) is 0 Å². The zero-order valence-electron chi connectivity index (χ0n) is 10.2. The van der Waals surface area contributed by atoms with Crippen molar-refractivity contribution >= 4 is 18.0 Å². The van der Waals surface area contributed by atoms with Crippen LogP contribution in [0.5, 0.6) is 0 Å². The van der Waals surface area contributed by atoms with E-state index in [1.165, 1.54) is 17.9 Å². The van der Waals surface area contributed by atoms with Crippen LogP contribution in [0.4, 0.5) is 0 Å². The standard InChI is InChI=1S/C12H23NOS/c1-4-6-12(2,10-14)9-13(3)11-5-7-15-8-11/h10-11H,4-9H2,1-3H3. The molecule has 0 aromatic heterocycles. The number of carbonyl (C=O) groups is 1. The van der Waals surface area contributed by atoms with Gasteiger partial charge in [-0.15, -0.1) is 0 Å². The monoisotopic (exact) mass is 229 g/mol. The molecule has 0 N–H and O–H groups in total. The van der Waals surface area contributed by atoms with Crippen LogP contribution in [-0.2, 0) is 4.79 Å². The van der Waals surface area contributed by atoms with Crippen LogP contribution in [0.15, 0.2) is 0 Å². The van der Waals surface area contributed by atoms with Gasteiger partial charge in [-0.25, -0.2) is 0 Å². The first-order chi connectivity index (χ1) is 7.11. The number of nitrogens with zero attached hydrogens (tertiary/aromatic N) is 1. The minimum absolute atomic E-state index is 0.142. The Labute approximate surface area is 97.8 Å². The number of aldehydes is 1. The number of hydrogen-bond acceptors (Lipinski definition) is 3. The Hall–Kier alpha value is -0.0200. The lowest BCUT2D eigenvalue weighted by Crippen LogP contribution is -2.40. The first-order valence-corrected chi connectivity index (χ1v) is 7.01. The summed E-state index contributed by atoms with van der Waals surface area (Å²) in [6.07, 6.45) is 4.51. The van der Waals surface area contributed by atoms with Crippen molar-refractivity contribution in [2.75, 3.05) is 25.1 Å². The third-order valence-corrected chi connectivity index (χ3v) is 4.39. The third kappa shape index (κ3) is 3.80. The van der Waals surface area contributed by atoms with Gasteiger partial charge >= 0.3 is 0 Å². The molecule has 0 saturated carbocycles. The van der Waals surface area contributed by atoms with Crippen molar-refractivity contribution in [1.29, 1.82) is 0 Å². The predicted octanol–water partition coefficient (Wildman–Crippen LogP) is 2.43. The van der Waals surface area contributed by atoms with Gasteiger partial charge in [0.15, 0.2) is 0 Å². The fraction of sp³-hybridized carbons (Fsp3) is 0.917. The second-order valence-electron chi connectivity index (χ2n) is 4.95. The van der Waals surface area contributed by atoms with Crippen LogP contribution in [0.1, 0.15) is 33.1 Å². The number of carbonyl (C=O) groups excluding carboxylic acids is 1. The highest BCUT2D eigenvalue weighted by molar-refractivity contribution is 7.99. The molecule has 1 saturated heterocycles. The highest BCUT2D eigenvalue weighted by Crippen LogP contribution is 2.26. The maximum atomic E-state index is 11.1. The molecule has 0 bridgehead atoms. The van der Waals surface area contributed by atoms with E-state index in [-0.39, 0.29) is 5.41 Å². The van der Waals surface area contributed by atoms with E-state index < -0.39 is 0 Å². The van der Waals surface area contributed by atoms with Crippen LogP contribution in [-0.4, -0.2) is 42.3 Å². The number of thioether (sulfide) groups is 1. The lowest BCUT2D eigenvalue weighted by molar-refractivity contribution is -0.116. The van der Waals surface area contributed by atoms with E-state index in [0.717, 1.165) is 25.7 Å². The first kappa shape index (κ1) is 13.0. The molecule has 1 rings (SSSR count). The smallest absolute Gasteiger partial charge is 0.127 e. The minimum atomic E-state index is -0.142. The van der Waals surface area contributed by atoms with Gasteiger partial charge in [0.2, 0.25) is 0 Å². The molecular weight excluding hydrogens is 206 g/mol. The SMILES string of the molecule is CCCC(C)(C=O)CN(C)C1CCSC1. The fourth-order valence-corrected chi connectivity index (χ4v) is 3.61. The predicted molar refractivity (Wildman–Crippen MR) is 67.4 cm³/mol. The van der Waals surface area contributed by atoms with Gasteiger partial charge in [0.25, 0.3) is 0 Å². The quantitative estimate of drug-likeness (QED) is 0.652. The molecule has 2 unspecified atom stereocenters. The summed E-state index contributed by atoms with van der Waals surface area (Å²) in [5.74, 6) is 2.51. The van der Waals surface area contributed by atoms with Gasteiger partial charge in [0.05, 0.1) is 0 Å². The van der Waals surface area contributed by atoms with Crippen LogP contribution in [0.25, 0.3) is 0 Å². The molecule has 0 radical (unpaired) electrons. The van der Waals surface area contributed by atoms with Crippen molar-refractivity contribution < 1.29 is 4.79 Å². The van der Waals surface area contributed by atoms with Crippen molar-refractivity contribution in [2.45, 2.75) is 39.2 Å². The molecule has 1 aliphatic rings. The van der Waals surface area contributed by atoms with Crippen molar-refractivity contribution in [1.82, 2.24) is 4.90 Å². The van der Waals surface area contributed by atoms with Crippen LogP contribution >= 0.6 is 11.8 Å². The van der Waals surface area contributed by atoms with E-state index in [1.807, 2.05) is 11.8 Å². The lowest BCUT2D eigenvalue weighted by Gasteiger charge is -2.32. The van der Waals surface area contributed by atoms with Crippen molar-refractivity contribution in [2.24, 2.45) is 5.41 Å². The molecule has 0 aromatic carbocycles.